The lowest BCUT2D eigenvalue weighted by Gasteiger charge is -2.26. The van der Waals surface area contributed by atoms with Crippen molar-refractivity contribution in [1.82, 2.24) is 4.90 Å². The van der Waals surface area contributed by atoms with Crippen LogP contribution in [-0.2, 0) is 17.8 Å². The average molecular weight is 356 g/mol. The molecule has 0 aliphatic carbocycles. The molecule has 0 N–H and O–H groups in total. The van der Waals surface area contributed by atoms with Crippen LogP contribution in [0.4, 0.5) is 0 Å². The number of aliphatic imine (C=N–C) groups is 1. The first-order chi connectivity index (χ1) is 12.3. The van der Waals surface area contributed by atoms with Crippen LogP contribution in [0.2, 0.25) is 0 Å². The molecule has 3 rings (SSSR count). The van der Waals surface area contributed by atoms with E-state index in [0.717, 1.165) is 48.7 Å². The Balaban J connectivity index is 1.66. The lowest BCUT2D eigenvalue weighted by atomic mass is 10.1. The van der Waals surface area contributed by atoms with Crippen LogP contribution in [-0.4, -0.2) is 29.8 Å². The first-order valence-electron chi connectivity index (χ1n) is 8.84. The highest BCUT2D eigenvalue weighted by molar-refractivity contribution is 7.09. The summed E-state index contributed by atoms with van der Waals surface area (Å²) in [6, 6.07) is 12.0. The van der Waals surface area contributed by atoms with Crippen molar-refractivity contribution in [2.45, 2.75) is 39.2 Å². The zero-order chi connectivity index (χ0) is 17.5. The molecule has 0 atom stereocenters. The molecular formula is C20H24N2O2S. The van der Waals surface area contributed by atoms with Gasteiger partial charge < -0.3 is 4.74 Å². The van der Waals surface area contributed by atoms with Gasteiger partial charge in [-0.05, 0) is 48.4 Å². The summed E-state index contributed by atoms with van der Waals surface area (Å²) in [4.78, 5) is 20.3. The van der Waals surface area contributed by atoms with Crippen LogP contribution in [0.25, 0.3) is 0 Å². The van der Waals surface area contributed by atoms with Gasteiger partial charge in [0.2, 0.25) is 0 Å². The molecule has 1 aliphatic rings. The smallest absolute Gasteiger partial charge is 0.266 e. The summed E-state index contributed by atoms with van der Waals surface area (Å²) < 4.78 is 5.72. The van der Waals surface area contributed by atoms with Gasteiger partial charge in [-0.2, -0.15) is 0 Å². The fraction of sp³-hybridized carbons (Fsp3) is 0.400. The third kappa shape index (κ3) is 4.92. The molecule has 4 nitrogen and oxygen atoms in total. The number of carbonyl (C=O) groups is 1. The number of ether oxygens (including phenoxy) is 1. The molecule has 2 heterocycles. The third-order valence-electron chi connectivity index (χ3n) is 4.30. The predicted octanol–water partition coefficient (Wildman–Crippen LogP) is 4.30. The molecule has 1 aromatic carbocycles. The van der Waals surface area contributed by atoms with Gasteiger partial charge in [0.1, 0.15) is 11.6 Å². The molecule has 0 bridgehead atoms. The average Bonchev–Trinajstić information content (AvgIpc) is 3.18. The molecular weight excluding hydrogens is 332 g/mol. The standard InChI is InChI=1S/C20H24N2O2S/c1-2-16-8-10-17(11-9-16)24-15-20(23)22(14-18-6-5-13-25-18)19-7-3-4-12-21-19/h5-6,8-11,13H,2-4,7,12,14-15H2,1H3. The third-order valence-corrected chi connectivity index (χ3v) is 5.16. The molecule has 0 radical (unpaired) electrons. The molecule has 132 valence electrons. The molecule has 1 amide bonds. The van der Waals surface area contributed by atoms with E-state index in [1.54, 1.807) is 16.2 Å². The van der Waals surface area contributed by atoms with Crippen molar-refractivity contribution in [1.29, 1.82) is 0 Å². The minimum atomic E-state index is -0.0337. The van der Waals surface area contributed by atoms with Crippen molar-refractivity contribution in [2.75, 3.05) is 13.2 Å². The van der Waals surface area contributed by atoms with Crippen molar-refractivity contribution >= 4 is 23.1 Å². The van der Waals surface area contributed by atoms with Gasteiger partial charge in [-0.3, -0.25) is 14.7 Å². The van der Waals surface area contributed by atoms with Gasteiger partial charge in [0.25, 0.3) is 5.91 Å². The number of hydrogen-bond acceptors (Lipinski definition) is 4. The summed E-state index contributed by atoms with van der Waals surface area (Å²) >= 11 is 1.66. The van der Waals surface area contributed by atoms with Gasteiger partial charge >= 0.3 is 0 Å². The van der Waals surface area contributed by atoms with Gasteiger partial charge in [-0.25, -0.2) is 0 Å². The van der Waals surface area contributed by atoms with Crippen LogP contribution >= 0.6 is 11.3 Å². The van der Waals surface area contributed by atoms with Crippen LogP contribution in [0.5, 0.6) is 5.75 Å². The monoisotopic (exact) mass is 356 g/mol. The van der Waals surface area contributed by atoms with Gasteiger partial charge in [0, 0.05) is 17.8 Å². The van der Waals surface area contributed by atoms with Gasteiger partial charge in [-0.1, -0.05) is 25.1 Å². The summed E-state index contributed by atoms with van der Waals surface area (Å²) in [5, 5.41) is 2.03. The molecule has 2 aromatic rings. The van der Waals surface area contributed by atoms with Crippen LogP contribution in [0.15, 0.2) is 46.8 Å². The number of amidine groups is 1. The van der Waals surface area contributed by atoms with E-state index in [0.29, 0.717) is 6.54 Å². The van der Waals surface area contributed by atoms with E-state index >= 15 is 0 Å². The van der Waals surface area contributed by atoms with Gasteiger partial charge in [0.15, 0.2) is 6.61 Å². The summed E-state index contributed by atoms with van der Waals surface area (Å²) in [7, 11) is 0. The fourth-order valence-corrected chi connectivity index (χ4v) is 3.52. The van der Waals surface area contributed by atoms with E-state index in [9.17, 15) is 4.79 Å². The number of hydrogen-bond donors (Lipinski definition) is 0. The highest BCUT2D eigenvalue weighted by Gasteiger charge is 2.22. The Morgan fingerprint density at radius 3 is 2.72 bits per heavy atom. The SMILES string of the molecule is CCc1ccc(OCC(=O)N(Cc2cccs2)C2=NCCCC2)cc1. The number of thiophene rings is 1. The number of nitrogens with zero attached hydrogens (tertiary/aromatic N) is 2. The number of carbonyl (C=O) groups excluding carboxylic acids is 1. The molecule has 0 spiro atoms. The molecule has 0 unspecified atom stereocenters. The van der Waals surface area contributed by atoms with E-state index in [1.165, 1.54) is 5.56 Å². The Kier molecular flexibility index (Phi) is 6.23. The normalized spacial score (nSPS) is 14.0. The van der Waals surface area contributed by atoms with Crippen molar-refractivity contribution in [3.63, 3.8) is 0 Å². The van der Waals surface area contributed by atoms with Crippen molar-refractivity contribution < 1.29 is 9.53 Å². The second-order valence-electron chi connectivity index (χ2n) is 6.10. The largest absolute Gasteiger partial charge is 0.484 e. The quantitative estimate of drug-likeness (QED) is 0.774. The number of benzene rings is 1. The summed E-state index contributed by atoms with van der Waals surface area (Å²) in [6.45, 7) is 3.54. The van der Waals surface area contributed by atoms with Gasteiger partial charge in [-0.15, -0.1) is 11.3 Å². The first kappa shape index (κ1) is 17.7. The molecule has 0 fully saturated rings. The second-order valence-corrected chi connectivity index (χ2v) is 7.13. The minimum Gasteiger partial charge on any atom is -0.484 e. The molecule has 0 saturated carbocycles. The van der Waals surface area contributed by atoms with E-state index in [1.807, 2.05) is 35.7 Å². The summed E-state index contributed by atoms with van der Waals surface area (Å²) in [6.07, 6.45) is 4.05. The summed E-state index contributed by atoms with van der Waals surface area (Å²) in [5.41, 5.74) is 1.26. The number of aryl methyl sites for hydroxylation is 1. The first-order valence-corrected chi connectivity index (χ1v) is 9.72. The van der Waals surface area contributed by atoms with Crippen molar-refractivity contribution in [3.05, 3.63) is 52.2 Å². The van der Waals surface area contributed by atoms with Crippen LogP contribution < -0.4 is 4.74 Å². The van der Waals surface area contributed by atoms with Crippen LogP contribution in [0.1, 0.15) is 36.6 Å². The molecule has 5 heteroatoms. The van der Waals surface area contributed by atoms with E-state index in [2.05, 4.69) is 18.0 Å². The predicted molar refractivity (Wildman–Crippen MR) is 102 cm³/mol. The van der Waals surface area contributed by atoms with Crippen molar-refractivity contribution in [2.24, 2.45) is 4.99 Å². The lowest BCUT2D eigenvalue weighted by Crippen LogP contribution is -2.40. The highest BCUT2D eigenvalue weighted by Crippen LogP contribution is 2.18. The Morgan fingerprint density at radius 2 is 2.08 bits per heavy atom. The zero-order valence-electron chi connectivity index (χ0n) is 14.6. The highest BCUT2D eigenvalue weighted by atomic mass is 32.1. The maximum Gasteiger partial charge on any atom is 0.266 e. The Bertz CT molecular complexity index is 708. The Hall–Kier alpha value is -2.14. The fourth-order valence-electron chi connectivity index (χ4n) is 2.83. The van der Waals surface area contributed by atoms with Gasteiger partial charge in [0.05, 0.1) is 6.54 Å². The Labute approximate surface area is 153 Å². The topological polar surface area (TPSA) is 41.9 Å². The maximum atomic E-state index is 12.8. The summed E-state index contributed by atoms with van der Waals surface area (Å²) in [5.74, 6) is 1.59. The number of amides is 1. The van der Waals surface area contributed by atoms with Crippen molar-refractivity contribution in [3.8, 4) is 5.75 Å². The molecule has 1 aliphatic heterocycles. The Morgan fingerprint density at radius 1 is 1.24 bits per heavy atom. The molecule has 1 aromatic heterocycles. The van der Waals surface area contributed by atoms with E-state index in [4.69, 9.17) is 4.74 Å². The second kappa shape index (κ2) is 8.81. The van der Waals surface area contributed by atoms with Crippen LogP contribution in [0, 0.1) is 0 Å². The number of rotatable bonds is 6. The van der Waals surface area contributed by atoms with E-state index < -0.39 is 0 Å². The zero-order valence-corrected chi connectivity index (χ0v) is 15.4. The molecule has 0 saturated heterocycles. The minimum absolute atomic E-state index is 0.0337. The van der Waals surface area contributed by atoms with E-state index in [-0.39, 0.29) is 12.5 Å². The molecule has 25 heavy (non-hydrogen) atoms. The lowest BCUT2D eigenvalue weighted by molar-refractivity contribution is -0.130. The van der Waals surface area contributed by atoms with Crippen LogP contribution in [0.3, 0.4) is 0 Å². The maximum absolute atomic E-state index is 12.8.